The summed E-state index contributed by atoms with van der Waals surface area (Å²) in [6.07, 6.45) is 0.781. The molecule has 2 heterocycles. The van der Waals surface area contributed by atoms with E-state index in [0.29, 0.717) is 6.54 Å². The van der Waals surface area contributed by atoms with Crippen LogP contribution in [0.3, 0.4) is 0 Å². The molecule has 8 heteroatoms. The molecule has 3 rings (SSSR count). The van der Waals surface area contributed by atoms with Gasteiger partial charge in [0.1, 0.15) is 11.4 Å². The molecule has 1 aromatic heterocycles. The van der Waals surface area contributed by atoms with Gasteiger partial charge in [-0.1, -0.05) is 6.07 Å². The number of hydrogen-bond acceptors (Lipinski definition) is 4. The van der Waals surface area contributed by atoms with Crippen molar-refractivity contribution in [3.63, 3.8) is 0 Å². The fraction of sp³-hybridized carbons (Fsp3) is 0.353. The Kier molecular flexibility index (Phi) is 4.96. The van der Waals surface area contributed by atoms with Crippen molar-refractivity contribution >= 4 is 11.4 Å². The third kappa shape index (κ3) is 3.62. The van der Waals surface area contributed by atoms with Crippen molar-refractivity contribution in [1.29, 1.82) is 0 Å². The highest BCUT2D eigenvalue weighted by Gasteiger charge is 2.25. The summed E-state index contributed by atoms with van der Waals surface area (Å²) in [5.41, 5.74) is 0.171. The van der Waals surface area contributed by atoms with Gasteiger partial charge in [-0.15, -0.1) is 0 Å². The predicted octanol–water partition coefficient (Wildman–Crippen LogP) is 3.59. The molecule has 1 N–H and O–H groups in total. The maximum Gasteiger partial charge on any atom is 0.253 e. The number of nitrogens with one attached hydrogen (secondary N) is 1. The van der Waals surface area contributed by atoms with E-state index >= 15 is 0 Å². The number of methoxy groups -OCH3 is 1. The van der Waals surface area contributed by atoms with Crippen LogP contribution in [0, 0.1) is 29.4 Å². The summed E-state index contributed by atoms with van der Waals surface area (Å²) in [6.45, 7) is 1.61. The molecule has 0 spiro atoms. The number of hydrogen-bond donors (Lipinski definition) is 1. The van der Waals surface area contributed by atoms with E-state index in [9.17, 15) is 17.6 Å². The first-order valence-corrected chi connectivity index (χ1v) is 7.82. The summed E-state index contributed by atoms with van der Waals surface area (Å²) in [6, 6.07) is 7.58. The summed E-state index contributed by atoms with van der Waals surface area (Å²) < 4.78 is 58.7. The van der Waals surface area contributed by atoms with Gasteiger partial charge < -0.3 is 15.0 Å². The number of benzene rings is 1. The van der Waals surface area contributed by atoms with E-state index in [1.165, 1.54) is 0 Å². The highest BCUT2D eigenvalue weighted by molar-refractivity contribution is 5.52. The minimum atomic E-state index is -1.66. The third-order valence-electron chi connectivity index (χ3n) is 4.27. The molecule has 1 aliphatic heterocycles. The molecule has 0 radical (unpaired) electrons. The van der Waals surface area contributed by atoms with Crippen molar-refractivity contribution < 1.29 is 22.3 Å². The molecule has 1 unspecified atom stereocenters. The number of halogens is 4. The van der Waals surface area contributed by atoms with Crippen molar-refractivity contribution in [3.8, 4) is 5.75 Å². The molecular weight excluding hydrogens is 338 g/mol. The molecule has 0 aliphatic carbocycles. The van der Waals surface area contributed by atoms with Gasteiger partial charge in [0.15, 0.2) is 0 Å². The monoisotopic (exact) mass is 355 g/mol. The zero-order valence-corrected chi connectivity index (χ0v) is 13.5. The average Bonchev–Trinajstić information content (AvgIpc) is 3.09. The third-order valence-corrected chi connectivity index (χ3v) is 4.27. The smallest absolute Gasteiger partial charge is 0.253 e. The van der Waals surface area contributed by atoms with Gasteiger partial charge in [0.25, 0.3) is 11.9 Å². The largest absolute Gasteiger partial charge is 0.497 e. The molecular formula is C17H17F4N3O. The minimum absolute atomic E-state index is 0.0734. The molecule has 25 heavy (non-hydrogen) atoms. The van der Waals surface area contributed by atoms with Crippen molar-refractivity contribution in [2.24, 2.45) is 5.92 Å². The van der Waals surface area contributed by atoms with Gasteiger partial charge in [-0.2, -0.15) is 22.5 Å². The first-order chi connectivity index (χ1) is 12.0. The molecule has 1 aromatic carbocycles. The normalized spacial score (nSPS) is 17.0. The molecule has 1 aliphatic rings. The highest BCUT2D eigenvalue weighted by Crippen LogP contribution is 2.28. The number of nitrogens with zero attached hydrogens (tertiary/aromatic N) is 2. The quantitative estimate of drug-likeness (QED) is 0.657. The molecule has 134 valence electrons. The van der Waals surface area contributed by atoms with Crippen LogP contribution in [-0.2, 0) is 0 Å². The number of anilines is 2. The first kappa shape index (κ1) is 17.3. The second kappa shape index (κ2) is 7.16. The van der Waals surface area contributed by atoms with Gasteiger partial charge in [-0.05, 0) is 24.5 Å². The summed E-state index contributed by atoms with van der Waals surface area (Å²) in [5, 5.41) is 2.48. The molecule has 1 fully saturated rings. The Balaban J connectivity index is 1.64. The highest BCUT2D eigenvalue weighted by atomic mass is 19.2. The SMILES string of the molecule is COc1cccc(N2CCC(CNc3c(F)c(F)nc(F)c3F)C2)c1. The standard InChI is InChI=1S/C17H17F4N3O/c1-25-12-4-2-3-11(7-12)24-6-5-10(9-24)8-22-15-13(18)16(20)23-17(21)14(15)19/h2-4,7,10H,5-6,8-9H2,1H3,(H,22,23). The van der Waals surface area contributed by atoms with Crippen LogP contribution in [0.25, 0.3) is 0 Å². The van der Waals surface area contributed by atoms with Gasteiger partial charge in [-0.3, -0.25) is 0 Å². The zero-order chi connectivity index (χ0) is 18.0. The number of pyridine rings is 1. The van der Waals surface area contributed by atoms with Gasteiger partial charge >= 0.3 is 0 Å². The second-order valence-electron chi connectivity index (χ2n) is 5.88. The molecule has 1 saturated heterocycles. The van der Waals surface area contributed by atoms with Crippen molar-refractivity contribution in [1.82, 2.24) is 4.98 Å². The van der Waals surface area contributed by atoms with Gasteiger partial charge in [0.05, 0.1) is 7.11 Å². The lowest BCUT2D eigenvalue weighted by Crippen LogP contribution is -2.23. The Morgan fingerprint density at radius 2 is 1.92 bits per heavy atom. The van der Waals surface area contributed by atoms with Crippen LogP contribution in [0.2, 0.25) is 0 Å². The van der Waals surface area contributed by atoms with Crippen LogP contribution in [0.4, 0.5) is 28.9 Å². The average molecular weight is 355 g/mol. The molecule has 0 saturated carbocycles. The molecule has 4 nitrogen and oxygen atoms in total. The van der Waals surface area contributed by atoms with Gasteiger partial charge in [0, 0.05) is 31.4 Å². The summed E-state index contributed by atoms with van der Waals surface area (Å²) in [4.78, 5) is 4.66. The van der Waals surface area contributed by atoms with Crippen LogP contribution in [0.1, 0.15) is 6.42 Å². The van der Waals surface area contributed by atoms with E-state index in [-0.39, 0.29) is 12.5 Å². The van der Waals surface area contributed by atoms with Crippen LogP contribution in [-0.4, -0.2) is 31.7 Å². The van der Waals surface area contributed by atoms with Gasteiger partial charge in [0.2, 0.25) is 11.6 Å². The van der Waals surface area contributed by atoms with Gasteiger partial charge in [-0.25, -0.2) is 0 Å². The van der Waals surface area contributed by atoms with Crippen LogP contribution in [0.15, 0.2) is 24.3 Å². The Bertz CT molecular complexity index is 746. The fourth-order valence-electron chi connectivity index (χ4n) is 2.93. The van der Waals surface area contributed by atoms with Crippen LogP contribution >= 0.6 is 0 Å². The lowest BCUT2D eigenvalue weighted by molar-refractivity contribution is 0.410. The first-order valence-electron chi connectivity index (χ1n) is 7.82. The van der Waals surface area contributed by atoms with Crippen molar-refractivity contribution in [3.05, 3.63) is 47.8 Å². The lowest BCUT2D eigenvalue weighted by Gasteiger charge is -2.20. The Morgan fingerprint density at radius 3 is 2.60 bits per heavy atom. The van der Waals surface area contributed by atoms with E-state index in [0.717, 1.165) is 24.4 Å². The maximum atomic E-state index is 13.6. The number of rotatable bonds is 5. The zero-order valence-electron chi connectivity index (χ0n) is 13.5. The Morgan fingerprint density at radius 1 is 1.20 bits per heavy atom. The lowest BCUT2D eigenvalue weighted by atomic mass is 10.1. The van der Waals surface area contributed by atoms with E-state index < -0.39 is 29.2 Å². The second-order valence-corrected chi connectivity index (χ2v) is 5.88. The molecule has 2 aromatic rings. The van der Waals surface area contributed by atoms with Crippen LogP contribution < -0.4 is 15.0 Å². The summed E-state index contributed by atoms with van der Waals surface area (Å²) in [7, 11) is 1.59. The van der Waals surface area contributed by atoms with E-state index in [4.69, 9.17) is 4.74 Å². The van der Waals surface area contributed by atoms with Crippen LogP contribution in [0.5, 0.6) is 5.75 Å². The van der Waals surface area contributed by atoms with Crippen molar-refractivity contribution in [2.45, 2.75) is 6.42 Å². The van der Waals surface area contributed by atoms with E-state index in [1.54, 1.807) is 7.11 Å². The maximum absolute atomic E-state index is 13.6. The van der Waals surface area contributed by atoms with E-state index in [2.05, 4.69) is 15.2 Å². The van der Waals surface area contributed by atoms with Crippen molar-refractivity contribution in [2.75, 3.05) is 37.0 Å². The Labute approximate surface area is 142 Å². The number of ether oxygens (including phenoxy) is 1. The molecule has 0 bridgehead atoms. The molecule has 0 amide bonds. The predicted molar refractivity (Wildman–Crippen MR) is 85.9 cm³/mol. The minimum Gasteiger partial charge on any atom is -0.497 e. The summed E-state index contributed by atoms with van der Waals surface area (Å²) in [5.74, 6) is -5.53. The summed E-state index contributed by atoms with van der Waals surface area (Å²) >= 11 is 0. The number of aromatic nitrogens is 1. The topological polar surface area (TPSA) is 37.4 Å². The fourth-order valence-corrected chi connectivity index (χ4v) is 2.93. The molecule has 1 atom stereocenters. The van der Waals surface area contributed by atoms with E-state index in [1.807, 2.05) is 24.3 Å². The Hall–Kier alpha value is -2.51.